The Hall–Kier alpha value is -2.36. The van der Waals surface area contributed by atoms with Crippen LogP contribution >= 0.6 is 0 Å². The van der Waals surface area contributed by atoms with Gasteiger partial charge in [-0.05, 0) is 12.1 Å². The lowest BCUT2D eigenvalue weighted by atomic mass is 10.1. The zero-order valence-electron chi connectivity index (χ0n) is 8.47. The number of fused-ring (bicyclic) bond motifs is 1. The lowest BCUT2D eigenvalue weighted by Gasteiger charge is -2.08. The molecule has 0 aliphatic rings. The van der Waals surface area contributed by atoms with Gasteiger partial charge < -0.3 is 10.4 Å². The molecule has 2 aromatic rings. The van der Waals surface area contributed by atoms with Gasteiger partial charge in [0, 0.05) is 17.3 Å². The summed E-state index contributed by atoms with van der Waals surface area (Å²) in [5.41, 5.74) is 1.44. The van der Waals surface area contributed by atoms with E-state index in [4.69, 9.17) is 0 Å². The summed E-state index contributed by atoms with van der Waals surface area (Å²) in [4.78, 5) is 14.5. The highest BCUT2D eigenvalue weighted by atomic mass is 16.3. The van der Waals surface area contributed by atoms with Crippen LogP contribution in [0.1, 0.15) is 5.56 Å². The molecule has 0 spiro atoms. The maximum atomic E-state index is 10.3. The van der Waals surface area contributed by atoms with Gasteiger partial charge in [0.25, 0.3) is 0 Å². The summed E-state index contributed by atoms with van der Waals surface area (Å²) in [6.07, 6.45) is 1.99. The minimum Gasteiger partial charge on any atom is -0.506 e. The van der Waals surface area contributed by atoms with Crippen LogP contribution in [0.15, 0.2) is 37.0 Å². The molecule has 1 aromatic heterocycles. The maximum absolute atomic E-state index is 10.3. The summed E-state index contributed by atoms with van der Waals surface area (Å²) in [5.74, 6) is 0.0740. The molecule has 0 saturated carbocycles. The molecular formula is C12H10N2O2. The standard InChI is InChI=1S/C12H10N2O2/c1-8(14-7-15)10-6-13-11-5-3-2-4-9(11)12(10)16/h2-7H,1H2,(H,13,16)(H,14,15). The average molecular weight is 214 g/mol. The van der Waals surface area contributed by atoms with Crippen molar-refractivity contribution in [2.45, 2.75) is 0 Å². The molecule has 1 aromatic carbocycles. The first-order chi connectivity index (χ1) is 7.74. The summed E-state index contributed by atoms with van der Waals surface area (Å²) in [7, 11) is 0. The van der Waals surface area contributed by atoms with Crippen LogP contribution < -0.4 is 5.32 Å². The highest BCUT2D eigenvalue weighted by molar-refractivity contribution is 5.90. The fourth-order valence-electron chi connectivity index (χ4n) is 1.50. The summed E-state index contributed by atoms with van der Waals surface area (Å²) in [5, 5.41) is 13.0. The summed E-state index contributed by atoms with van der Waals surface area (Å²) in [6, 6.07) is 7.21. The number of carbonyl (C=O) groups excluding carboxylic acids is 1. The van der Waals surface area contributed by atoms with E-state index in [0.717, 1.165) is 0 Å². The number of nitrogens with one attached hydrogen (secondary N) is 1. The van der Waals surface area contributed by atoms with Crippen LogP contribution in [-0.4, -0.2) is 16.5 Å². The van der Waals surface area contributed by atoms with Gasteiger partial charge in [0.15, 0.2) is 0 Å². The first-order valence-electron chi connectivity index (χ1n) is 4.70. The predicted molar refractivity (Wildman–Crippen MR) is 61.6 cm³/mol. The van der Waals surface area contributed by atoms with E-state index in [1.54, 1.807) is 12.1 Å². The first-order valence-corrected chi connectivity index (χ1v) is 4.70. The number of aromatic nitrogens is 1. The van der Waals surface area contributed by atoms with Crippen LogP contribution in [0.4, 0.5) is 0 Å². The van der Waals surface area contributed by atoms with E-state index in [0.29, 0.717) is 28.6 Å². The fourth-order valence-corrected chi connectivity index (χ4v) is 1.50. The van der Waals surface area contributed by atoms with Crippen molar-refractivity contribution in [2.24, 2.45) is 0 Å². The molecule has 0 saturated heterocycles. The maximum Gasteiger partial charge on any atom is 0.211 e. The molecule has 80 valence electrons. The predicted octanol–water partition coefficient (Wildman–Crippen LogP) is 1.66. The molecule has 2 rings (SSSR count). The Kier molecular flexibility index (Phi) is 2.55. The van der Waals surface area contributed by atoms with Gasteiger partial charge in [0.2, 0.25) is 6.41 Å². The van der Waals surface area contributed by atoms with Crippen molar-refractivity contribution in [1.82, 2.24) is 10.3 Å². The summed E-state index contributed by atoms with van der Waals surface area (Å²) in [6.45, 7) is 3.64. The third kappa shape index (κ3) is 1.61. The number of amides is 1. The molecule has 1 amide bonds. The minimum atomic E-state index is 0.0740. The topological polar surface area (TPSA) is 62.2 Å². The van der Waals surface area contributed by atoms with Crippen molar-refractivity contribution in [3.05, 3.63) is 42.6 Å². The van der Waals surface area contributed by atoms with E-state index in [1.165, 1.54) is 6.20 Å². The van der Waals surface area contributed by atoms with Gasteiger partial charge in [-0.3, -0.25) is 9.78 Å². The lowest BCUT2D eigenvalue weighted by Crippen LogP contribution is -2.08. The molecule has 0 aliphatic carbocycles. The summed E-state index contributed by atoms with van der Waals surface area (Å²) >= 11 is 0. The van der Waals surface area contributed by atoms with E-state index in [9.17, 15) is 9.90 Å². The average Bonchev–Trinajstić information content (AvgIpc) is 2.30. The van der Waals surface area contributed by atoms with Gasteiger partial charge in [-0.25, -0.2) is 0 Å². The Bertz CT molecular complexity index is 564. The lowest BCUT2D eigenvalue weighted by molar-refractivity contribution is -0.108. The molecule has 0 aliphatic heterocycles. The van der Waals surface area contributed by atoms with Crippen LogP contribution in [0.2, 0.25) is 0 Å². The number of benzene rings is 1. The van der Waals surface area contributed by atoms with Crippen molar-refractivity contribution in [2.75, 3.05) is 0 Å². The summed E-state index contributed by atoms with van der Waals surface area (Å²) < 4.78 is 0. The van der Waals surface area contributed by atoms with Gasteiger partial charge in [0.1, 0.15) is 5.75 Å². The van der Waals surface area contributed by atoms with E-state index >= 15 is 0 Å². The second-order valence-electron chi connectivity index (χ2n) is 3.28. The molecule has 0 atom stereocenters. The van der Waals surface area contributed by atoms with Gasteiger partial charge in [-0.15, -0.1) is 0 Å². The molecule has 4 nitrogen and oxygen atoms in total. The number of nitrogens with zero attached hydrogens (tertiary/aromatic N) is 1. The van der Waals surface area contributed by atoms with Crippen molar-refractivity contribution >= 4 is 23.0 Å². The SMILES string of the molecule is C=C(NC=O)c1cnc2ccccc2c1O. The zero-order valence-corrected chi connectivity index (χ0v) is 8.47. The quantitative estimate of drug-likeness (QED) is 0.764. The van der Waals surface area contributed by atoms with Crippen LogP contribution in [0, 0.1) is 0 Å². The molecular weight excluding hydrogens is 204 g/mol. The number of hydrogen-bond donors (Lipinski definition) is 2. The number of para-hydroxylation sites is 1. The molecule has 1 heterocycles. The van der Waals surface area contributed by atoms with Gasteiger partial charge >= 0.3 is 0 Å². The minimum absolute atomic E-state index is 0.0740. The Morgan fingerprint density at radius 1 is 1.44 bits per heavy atom. The smallest absolute Gasteiger partial charge is 0.211 e. The van der Waals surface area contributed by atoms with Gasteiger partial charge in [-0.1, -0.05) is 18.7 Å². The van der Waals surface area contributed by atoms with Gasteiger partial charge in [0.05, 0.1) is 11.1 Å². The Balaban J connectivity index is 2.60. The third-order valence-corrected chi connectivity index (χ3v) is 2.31. The monoisotopic (exact) mass is 214 g/mol. The van der Waals surface area contributed by atoms with Crippen molar-refractivity contribution in [1.29, 1.82) is 0 Å². The third-order valence-electron chi connectivity index (χ3n) is 2.31. The van der Waals surface area contributed by atoms with E-state index in [2.05, 4.69) is 16.9 Å². The Labute approximate surface area is 92.2 Å². The number of hydrogen-bond acceptors (Lipinski definition) is 3. The second kappa shape index (κ2) is 4.02. The van der Waals surface area contributed by atoms with Gasteiger partial charge in [-0.2, -0.15) is 0 Å². The van der Waals surface area contributed by atoms with Crippen LogP contribution in [0.25, 0.3) is 16.6 Å². The number of aromatic hydroxyl groups is 1. The number of carbonyl (C=O) groups is 1. The molecule has 4 heteroatoms. The van der Waals surface area contributed by atoms with E-state index in [-0.39, 0.29) is 5.75 Å². The fraction of sp³-hybridized carbons (Fsp3) is 0. The van der Waals surface area contributed by atoms with Crippen molar-refractivity contribution in [3.63, 3.8) is 0 Å². The molecule has 16 heavy (non-hydrogen) atoms. The van der Waals surface area contributed by atoms with Crippen LogP contribution in [-0.2, 0) is 4.79 Å². The number of rotatable bonds is 3. The van der Waals surface area contributed by atoms with Crippen molar-refractivity contribution < 1.29 is 9.90 Å². The molecule has 2 N–H and O–H groups in total. The molecule has 0 radical (unpaired) electrons. The van der Waals surface area contributed by atoms with E-state index < -0.39 is 0 Å². The first kappa shape index (κ1) is 10.2. The highest BCUT2D eigenvalue weighted by Gasteiger charge is 2.09. The normalized spacial score (nSPS) is 10.0. The van der Waals surface area contributed by atoms with Crippen molar-refractivity contribution in [3.8, 4) is 5.75 Å². The van der Waals surface area contributed by atoms with Crippen LogP contribution in [0.5, 0.6) is 5.75 Å². The molecule has 0 fully saturated rings. The second-order valence-corrected chi connectivity index (χ2v) is 3.28. The van der Waals surface area contributed by atoms with Crippen LogP contribution in [0.3, 0.4) is 0 Å². The zero-order chi connectivity index (χ0) is 11.5. The largest absolute Gasteiger partial charge is 0.506 e. The Morgan fingerprint density at radius 3 is 2.94 bits per heavy atom. The number of pyridine rings is 1. The highest BCUT2D eigenvalue weighted by Crippen LogP contribution is 2.29. The molecule has 0 bridgehead atoms. The van der Waals surface area contributed by atoms with E-state index in [1.807, 2.05) is 12.1 Å². The Morgan fingerprint density at radius 2 is 2.19 bits per heavy atom. The molecule has 0 unspecified atom stereocenters.